The molecule has 0 aromatic carbocycles. The first kappa shape index (κ1) is 15.5. The van der Waals surface area contributed by atoms with Crippen LogP contribution in [0.15, 0.2) is 22.9 Å². The summed E-state index contributed by atoms with van der Waals surface area (Å²) in [5.41, 5.74) is 0.566. The highest BCUT2D eigenvalue weighted by Crippen LogP contribution is 2.26. The third kappa shape index (κ3) is 3.49. The van der Waals surface area contributed by atoms with Gasteiger partial charge in [-0.25, -0.2) is 4.98 Å². The number of rotatable bonds is 4. The molecule has 0 radical (unpaired) electrons. The zero-order valence-corrected chi connectivity index (χ0v) is 13.4. The van der Waals surface area contributed by atoms with Gasteiger partial charge >= 0.3 is 0 Å². The topological polar surface area (TPSA) is 81.4 Å². The summed E-state index contributed by atoms with van der Waals surface area (Å²) >= 11 is 0. The molecule has 7 nitrogen and oxygen atoms in total. The van der Waals surface area contributed by atoms with E-state index in [2.05, 4.69) is 15.1 Å². The van der Waals surface area contributed by atoms with Crippen LogP contribution in [0.4, 0.5) is 0 Å². The first-order valence-corrected chi connectivity index (χ1v) is 7.85. The molecule has 0 spiro atoms. The fraction of sp³-hybridized carbons (Fsp3) is 0.500. The zero-order valence-electron chi connectivity index (χ0n) is 13.4. The molecule has 3 rings (SSSR count). The number of hydrogen-bond acceptors (Lipinski definition) is 6. The molecule has 122 valence electrons. The highest BCUT2D eigenvalue weighted by Gasteiger charge is 2.28. The largest absolute Gasteiger partial charge is 0.478 e. The lowest BCUT2D eigenvalue weighted by molar-refractivity contribution is 0.0695. The first-order chi connectivity index (χ1) is 11.2. The minimum Gasteiger partial charge on any atom is -0.478 e. The molecule has 0 unspecified atom stereocenters. The number of pyridine rings is 1. The third-order valence-electron chi connectivity index (χ3n) is 3.88. The van der Waals surface area contributed by atoms with E-state index in [-0.39, 0.29) is 11.8 Å². The second-order valence-corrected chi connectivity index (χ2v) is 5.59. The minimum atomic E-state index is -0.0264. The van der Waals surface area contributed by atoms with Gasteiger partial charge in [0.05, 0.1) is 18.1 Å². The SMILES string of the molecule is CCOc1ccc(C(=O)N2CCC[C@H](c3nc(C)no3)C2)cn1. The minimum absolute atomic E-state index is 0.0264. The Bertz CT molecular complexity index is 668. The van der Waals surface area contributed by atoms with E-state index < -0.39 is 0 Å². The number of piperidine rings is 1. The Kier molecular flexibility index (Phi) is 4.55. The predicted molar refractivity (Wildman–Crippen MR) is 82.3 cm³/mol. The van der Waals surface area contributed by atoms with Crippen LogP contribution in [0.2, 0.25) is 0 Å². The number of hydrogen-bond donors (Lipinski definition) is 0. The van der Waals surface area contributed by atoms with Gasteiger partial charge < -0.3 is 14.2 Å². The van der Waals surface area contributed by atoms with Crippen molar-refractivity contribution in [3.05, 3.63) is 35.6 Å². The summed E-state index contributed by atoms with van der Waals surface area (Å²) in [7, 11) is 0. The molecule has 2 aromatic heterocycles. The van der Waals surface area contributed by atoms with Gasteiger partial charge in [-0.3, -0.25) is 4.79 Å². The average Bonchev–Trinajstić information content (AvgIpc) is 3.02. The molecule has 0 N–H and O–H groups in total. The van der Waals surface area contributed by atoms with Gasteiger partial charge in [0, 0.05) is 25.4 Å². The van der Waals surface area contributed by atoms with Gasteiger partial charge in [0.2, 0.25) is 11.8 Å². The summed E-state index contributed by atoms with van der Waals surface area (Å²) in [6.45, 7) is 5.57. The molecule has 7 heteroatoms. The monoisotopic (exact) mass is 316 g/mol. The van der Waals surface area contributed by atoms with Gasteiger partial charge in [-0.05, 0) is 32.8 Å². The maximum absolute atomic E-state index is 12.6. The normalized spacial score (nSPS) is 18.0. The summed E-state index contributed by atoms with van der Waals surface area (Å²) in [5.74, 6) is 1.84. The molecule has 0 saturated carbocycles. The van der Waals surface area contributed by atoms with E-state index in [0.29, 0.717) is 36.3 Å². The highest BCUT2D eigenvalue weighted by molar-refractivity contribution is 5.94. The van der Waals surface area contributed by atoms with Crippen molar-refractivity contribution < 1.29 is 14.1 Å². The van der Waals surface area contributed by atoms with Crippen molar-refractivity contribution in [2.75, 3.05) is 19.7 Å². The Labute approximate surface area is 134 Å². The molecular weight excluding hydrogens is 296 g/mol. The fourth-order valence-corrected chi connectivity index (χ4v) is 2.76. The van der Waals surface area contributed by atoms with Crippen molar-refractivity contribution in [3.8, 4) is 5.88 Å². The van der Waals surface area contributed by atoms with E-state index in [4.69, 9.17) is 9.26 Å². The van der Waals surface area contributed by atoms with Gasteiger partial charge in [0.15, 0.2) is 5.82 Å². The van der Waals surface area contributed by atoms with E-state index in [1.165, 1.54) is 0 Å². The summed E-state index contributed by atoms with van der Waals surface area (Å²) in [4.78, 5) is 22.9. The number of nitrogens with zero attached hydrogens (tertiary/aromatic N) is 4. The number of aromatic nitrogens is 3. The van der Waals surface area contributed by atoms with Gasteiger partial charge in [0.1, 0.15) is 0 Å². The van der Waals surface area contributed by atoms with Crippen molar-refractivity contribution in [2.24, 2.45) is 0 Å². The van der Waals surface area contributed by atoms with E-state index in [9.17, 15) is 4.79 Å². The van der Waals surface area contributed by atoms with Crippen LogP contribution in [0.3, 0.4) is 0 Å². The summed E-state index contributed by atoms with van der Waals surface area (Å²) in [6.07, 6.45) is 3.43. The third-order valence-corrected chi connectivity index (χ3v) is 3.88. The van der Waals surface area contributed by atoms with Crippen LogP contribution in [0.25, 0.3) is 0 Å². The lowest BCUT2D eigenvalue weighted by Gasteiger charge is -2.31. The van der Waals surface area contributed by atoms with E-state index in [1.807, 2.05) is 11.8 Å². The fourth-order valence-electron chi connectivity index (χ4n) is 2.76. The number of carbonyl (C=O) groups excluding carboxylic acids is 1. The van der Waals surface area contributed by atoms with Crippen LogP contribution in [-0.2, 0) is 0 Å². The Morgan fingerprint density at radius 1 is 1.48 bits per heavy atom. The van der Waals surface area contributed by atoms with Crippen LogP contribution in [0, 0.1) is 6.92 Å². The van der Waals surface area contributed by atoms with Gasteiger partial charge in [0.25, 0.3) is 5.91 Å². The molecule has 23 heavy (non-hydrogen) atoms. The van der Waals surface area contributed by atoms with Crippen molar-refractivity contribution >= 4 is 5.91 Å². The lowest BCUT2D eigenvalue weighted by atomic mass is 9.97. The lowest BCUT2D eigenvalue weighted by Crippen LogP contribution is -2.39. The van der Waals surface area contributed by atoms with E-state index >= 15 is 0 Å². The molecule has 1 aliphatic heterocycles. The van der Waals surface area contributed by atoms with Crippen LogP contribution < -0.4 is 4.74 Å². The molecule has 1 fully saturated rings. The molecule has 0 bridgehead atoms. The molecule has 1 amide bonds. The highest BCUT2D eigenvalue weighted by atomic mass is 16.5. The number of ether oxygens (including phenoxy) is 1. The molecular formula is C16H20N4O3. The van der Waals surface area contributed by atoms with Crippen LogP contribution >= 0.6 is 0 Å². The first-order valence-electron chi connectivity index (χ1n) is 7.85. The standard InChI is InChI=1S/C16H20N4O3/c1-3-22-14-7-6-12(9-17-14)16(21)20-8-4-5-13(10-20)15-18-11(2)19-23-15/h6-7,9,13H,3-5,8,10H2,1-2H3/t13-/m0/s1. The Balaban J connectivity index is 1.69. The van der Waals surface area contributed by atoms with Gasteiger partial charge in [-0.15, -0.1) is 0 Å². The van der Waals surface area contributed by atoms with Crippen LogP contribution in [-0.4, -0.2) is 45.6 Å². The van der Waals surface area contributed by atoms with E-state index in [0.717, 1.165) is 19.4 Å². The second-order valence-electron chi connectivity index (χ2n) is 5.59. The number of amides is 1. The molecule has 1 aliphatic rings. The van der Waals surface area contributed by atoms with Gasteiger partial charge in [-0.2, -0.15) is 4.98 Å². The van der Waals surface area contributed by atoms with Crippen LogP contribution in [0.5, 0.6) is 5.88 Å². The quantitative estimate of drug-likeness (QED) is 0.860. The summed E-state index contributed by atoms with van der Waals surface area (Å²) in [5, 5.41) is 3.83. The molecule has 0 aliphatic carbocycles. The second kappa shape index (κ2) is 6.76. The molecule has 1 atom stereocenters. The smallest absolute Gasteiger partial charge is 0.255 e. The molecule has 1 saturated heterocycles. The molecule has 2 aromatic rings. The van der Waals surface area contributed by atoms with Crippen molar-refractivity contribution in [1.29, 1.82) is 0 Å². The van der Waals surface area contributed by atoms with Crippen molar-refractivity contribution in [2.45, 2.75) is 32.6 Å². The number of likely N-dealkylation sites (tertiary alicyclic amines) is 1. The summed E-state index contributed by atoms with van der Waals surface area (Å²) in [6, 6.07) is 3.47. The Morgan fingerprint density at radius 3 is 3.00 bits per heavy atom. The van der Waals surface area contributed by atoms with Crippen LogP contribution in [0.1, 0.15) is 47.8 Å². The van der Waals surface area contributed by atoms with Gasteiger partial charge in [-0.1, -0.05) is 5.16 Å². The summed E-state index contributed by atoms with van der Waals surface area (Å²) < 4.78 is 10.6. The molecule has 3 heterocycles. The van der Waals surface area contributed by atoms with Crippen molar-refractivity contribution in [1.82, 2.24) is 20.0 Å². The van der Waals surface area contributed by atoms with E-state index in [1.54, 1.807) is 25.3 Å². The Hall–Kier alpha value is -2.44. The van der Waals surface area contributed by atoms with Crippen molar-refractivity contribution in [3.63, 3.8) is 0 Å². The average molecular weight is 316 g/mol. The maximum atomic E-state index is 12.6. The number of aryl methyl sites for hydroxylation is 1. The number of carbonyl (C=O) groups is 1. The predicted octanol–water partition coefficient (Wildman–Crippen LogP) is 2.19. The maximum Gasteiger partial charge on any atom is 0.255 e. The zero-order chi connectivity index (χ0) is 16.2. The Morgan fingerprint density at radius 2 is 2.35 bits per heavy atom.